The number of aliphatic carboxylic acids is 1. The molecule has 8 nitrogen and oxygen atoms in total. The number of hydrogen-bond acceptors (Lipinski definition) is 6. The van der Waals surface area contributed by atoms with Crippen LogP contribution in [-0.4, -0.2) is 56.5 Å². The molecule has 0 spiro atoms. The van der Waals surface area contributed by atoms with E-state index >= 15 is 0 Å². The molecule has 1 aromatic heterocycles. The zero-order valence-electron chi connectivity index (χ0n) is 11.7. The summed E-state index contributed by atoms with van der Waals surface area (Å²) in [4.78, 5) is 37.0. The lowest BCUT2D eigenvalue weighted by Crippen LogP contribution is -2.57. The molecule has 0 aromatic carbocycles. The van der Waals surface area contributed by atoms with Crippen molar-refractivity contribution in [3.05, 3.63) is 10.6 Å². The van der Waals surface area contributed by atoms with Crippen LogP contribution in [0.2, 0.25) is 0 Å². The first-order valence-corrected chi connectivity index (χ1v) is 7.32. The lowest BCUT2D eigenvalue weighted by molar-refractivity contribution is -0.142. The van der Waals surface area contributed by atoms with E-state index in [4.69, 9.17) is 5.11 Å². The van der Waals surface area contributed by atoms with Crippen LogP contribution in [0.4, 0.5) is 0 Å². The highest BCUT2D eigenvalue weighted by Crippen LogP contribution is 2.23. The minimum Gasteiger partial charge on any atom is -0.481 e. The summed E-state index contributed by atoms with van der Waals surface area (Å²) in [6.07, 6.45) is -0.416. The molecule has 2 rings (SSSR count). The van der Waals surface area contributed by atoms with E-state index in [9.17, 15) is 14.4 Å². The number of carboxylic acids is 1. The number of carbonyl (C=O) groups excluding carboxylic acids is 2. The standard InChI is InChI=1S/C12H16N4O4S/c1-6(2)9-10(21-15-14-9)12(20)16-4-3-13-11(19)7(16)5-8(17)18/h6-7H,3-5H2,1-2H3,(H,13,19)(H,17,18). The molecule has 1 aliphatic heterocycles. The molecular weight excluding hydrogens is 296 g/mol. The SMILES string of the molecule is CC(C)c1nnsc1C(=O)N1CCNC(=O)C1CC(=O)O. The summed E-state index contributed by atoms with van der Waals surface area (Å²) in [7, 11) is 0. The highest BCUT2D eigenvalue weighted by Gasteiger charge is 2.36. The molecule has 0 saturated carbocycles. The molecule has 1 aliphatic rings. The van der Waals surface area contributed by atoms with Crippen molar-refractivity contribution in [2.24, 2.45) is 0 Å². The Kier molecular flexibility index (Phi) is 4.51. The van der Waals surface area contributed by atoms with E-state index in [0.717, 1.165) is 11.5 Å². The van der Waals surface area contributed by atoms with Crippen molar-refractivity contribution in [2.45, 2.75) is 32.2 Å². The maximum absolute atomic E-state index is 12.6. The van der Waals surface area contributed by atoms with E-state index in [0.29, 0.717) is 17.1 Å². The molecule has 1 saturated heterocycles. The largest absolute Gasteiger partial charge is 0.481 e. The molecule has 0 aliphatic carbocycles. The van der Waals surface area contributed by atoms with E-state index in [1.165, 1.54) is 4.90 Å². The number of aromatic nitrogens is 2. The van der Waals surface area contributed by atoms with E-state index in [1.54, 1.807) is 0 Å². The Balaban J connectivity index is 2.28. The summed E-state index contributed by atoms with van der Waals surface area (Å²) in [6.45, 7) is 4.37. The zero-order valence-corrected chi connectivity index (χ0v) is 12.5. The van der Waals surface area contributed by atoms with Gasteiger partial charge in [-0.2, -0.15) is 0 Å². The minimum absolute atomic E-state index is 0.0271. The van der Waals surface area contributed by atoms with Gasteiger partial charge in [0, 0.05) is 13.1 Å². The predicted molar refractivity (Wildman–Crippen MR) is 74.1 cm³/mol. The average Bonchev–Trinajstić information content (AvgIpc) is 2.89. The fourth-order valence-electron chi connectivity index (χ4n) is 2.18. The molecule has 1 unspecified atom stereocenters. The number of amides is 2. The quantitative estimate of drug-likeness (QED) is 0.814. The smallest absolute Gasteiger partial charge is 0.305 e. The first kappa shape index (κ1) is 15.4. The first-order chi connectivity index (χ1) is 9.91. The monoisotopic (exact) mass is 312 g/mol. The Morgan fingerprint density at radius 2 is 2.24 bits per heavy atom. The second-order valence-corrected chi connectivity index (χ2v) is 5.80. The molecule has 0 bridgehead atoms. The number of carboxylic acid groups (broad SMARTS) is 1. The van der Waals surface area contributed by atoms with Gasteiger partial charge in [-0.15, -0.1) is 5.10 Å². The normalized spacial score (nSPS) is 18.7. The summed E-state index contributed by atoms with van der Waals surface area (Å²) in [6, 6.07) is -0.995. The first-order valence-electron chi connectivity index (χ1n) is 6.54. The molecule has 21 heavy (non-hydrogen) atoms. The lowest BCUT2D eigenvalue weighted by Gasteiger charge is -2.34. The fraction of sp³-hybridized carbons (Fsp3) is 0.583. The summed E-state index contributed by atoms with van der Waals surface area (Å²) in [5, 5.41) is 15.4. The molecule has 2 amide bonds. The highest BCUT2D eigenvalue weighted by atomic mass is 32.1. The molecule has 114 valence electrons. The molecule has 1 atom stereocenters. The number of piperazine rings is 1. The molecule has 0 radical (unpaired) electrons. The van der Waals surface area contributed by atoms with Crippen molar-refractivity contribution in [3.63, 3.8) is 0 Å². The average molecular weight is 312 g/mol. The van der Waals surface area contributed by atoms with Gasteiger partial charge in [0.15, 0.2) is 0 Å². The third-order valence-corrected chi connectivity index (χ3v) is 3.94. The highest BCUT2D eigenvalue weighted by molar-refractivity contribution is 7.08. The lowest BCUT2D eigenvalue weighted by atomic mass is 10.1. The summed E-state index contributed by atoms with van der Waals surface area (Å²) < 4.78 is 3.79. The van der Waals surface area contributed by atoms with Gasteiger partial charge < -0.3 is 15.3 Å². The van der Waals surface area contributed by atoms with Crippen molar-refractivity contribution in [1.82, 2.24) is 19.8 Å². The Morgan fingerprint density at radius 1 is 1.52 bits per heavy atom. The van der Waals surface area contributed by atoms with Crippen molar-refractivity contribution in [2.75, 3.05) is 13.1 Å². The minimum atomic E-state index is -1.12. The Morgan fingerprint density at radius 3 is 2.86 bits per heavy atom. The molecule has 2 heterocycles. The van der Waals surface area contributed by atoms with Crippen LogP contribution in [0.15, 0.2) is 0 Å². The molecular formula is C12H16N4O4S. The summed E-state index contributed by atoms with van der Waals surface area (Å²) in [5.74, 6) is -1.92. The number of hydrogen-bond donors (Lipinski definition) is 2. The Hall–Kier alpha value is -2.03. The number of rotatable bonds is 4. The van der Waals surface area contributed by atoms with Gasteiger partial charge in [-0.1, -0.05) is 18.3 Å². The maximum atomic E-state index is 12.6. The van der Waals surface area contributed by atoms with Crippen molar-refractivity contribution in [1.29, 1.82) is 0 Å². The van der Waals surface area contributed by atoms with E-state index in [2.05, 4.69) is 14.9 Å². The van der Waals surface area contributed by atoms with Gasteiger partial charge in [0.05, 0.1) is 12.1 Å². The fourth-order valence-corrected chi connectivity index (χ4v) is 2.96. The van der Waals surface area contributed by atoms with Crippen LogP contribution in [0, 0.1) is 0 Å². The van der Waals surface area contributed by atoms with E-state index in [1.807, 2.05) is 13.8 Å². The summed E-state index contributed by atoms with van der Waals surface area (Å²) >= 11 is 0.970. The zero-order chi connectivity index (χ0) is 15.6. The van der Waals surface area contributed by atoms with Crippen LogP contribution in [0.5, 0.6) is 0 Å². The van der Waals surface area contributed by atoms with Crippen LogP contribution in [-0.2, 0) is 9.59 Å². The number of nitrogens with one attached hydrogen (secondary N) is 1. The van der Waals surface area contributed by atoms with Gasteiger partial charge in [0.1, 0.15) is 10.9 Å². The summed E-state index contributed by atoms with van der Waals surface area (Å²) in [5.41, 5.74) is 0.574. The number of nitrogens with zero attached hydrogens (tertiary/aromatic N) is 3. The van der Waals surface area contributed by atoms with E-state index in [-0.39, 0.29) is 18.4 Å². The molecule has 1 aromatic rings. The Labute approximate surface area is 125 Å². The van der Waals surface area contributed by atoms with Crippen LogP contribution < -0.4 is 5.32 Å². The second-order valence-electron chi connectivity index (χ2n) is 5.05. The molecule has 1 fully saturated rings. The number of carbonyl (C=O) groups is 3. The third kappa shape index (κ3) is 3.18. The third-order valence-electron chi connectivity index (χ3n) is 3.21. The van der Waals surface area contributed by atoms with Crippen LogP contribution in [0.3, 0.4) is 0 Å². The van der Waals surface area contributed by atoms with Crippen LogP contribution >= 0.6 is 11.5 Å². The van der Waals surface area contributed by atoms with Gasteiger partial charge in [-0.05, 0) is 17.5 Å². The predicted octanol–water partition coefficient (Wildman–Crippen LogP) is 0.0768. The van der Waals surface area contributed by atoms with Crippen molar-refractivity contribution >= 4 is 29.3 Å². The van der Waals surface area contributed by atoms with Crippen molar-refractivity contribution in [3.8, 4) is 0 Å². The van der Waals surface area contributed by atoms with Crippen molar-refractivity contribution < 1.29 is 19.5 Å². The van der Waals surface area contributed by atoms with Gasteiger partial charge in [-0.25, -0.2) is 0 Å². The second kappa shape index (κ2) is 6.17. The topological polar surface area (TPSA) is 112 Å². The molecule has 2 N–H and O–H groups in total. The Bertz CT molecular complexity index is 571. The van der Waals surface area contributed by atoms with Gasteiger partial charge in [0.25, 0.3) is 5.91 Å². The maximum Gasteiger partial charge on any atom is 0.305 e. The van der Waals surface area contributed by atoms with Gasteiger partial charge >= 0.3 is 5.97 Å². The van der Waals surface area contributed by atoms with Crippen LogP contribution in [0.1, 0.15) is 41.6 Å². The van der Waals surface area contributed by atoms with Crippen LogP contribution in [0.25, 0.3) is 0 Å². The van der Waals surface area contributed by atoms with E-state index < -0.39 is 24.3 Å². The molecule has 9 heteroatoms. The van der Waals surface area contributed by atoms with Gasteiger partial charge in [0.2, 0.25) is 5.91 Å². The van der Waals surface area contributed by atoms with Gasteiger partial charge in [-0.3, -0.25) is 14.4 Å².